The van der Waals surface area contributed by atoms with Crippen molar-refractivity contribution in [1.82, 2.24) is 13.8 Å². The first-order chi connectivity index (χ1) is 11.9. The third-order valence-electron chi connectivity index (χ3n) is 4.97. The molecule has 8 heteroatoms. The van der Waals surface area contributed by atoms with Crippen molar-refractivity contribution < 1.29 is 14.5 Å². The Morgan fingerprint density at radius 2 is 2.04 bits per heavy atom. The Labute approximate surface area is 140 Å². The molecule has 0 atom stereocenters. The SMILES string of the molecule is Cc1c(O)ccc2c1n1c(N)c(C(N)=O)c3cnc4c(c31)n2c[n+]4C. The maximum absolute atomic E-state index is 12.0. The van der Waals surface area contributed by atoms with Crippen LogP contribution in [-0.4, -0.2) is 24.8 Å². The van der Waals surface area contributed by atoms with Crippen molar-refractivity contribution >= 4 is 44.8 Å². The van der Waals surface area contributed by atoms with Crippen molar-refractivity contribution in [3.05, 3.63) is 35.8 Å². The van der Waals surface area contributed by atoms with Crippen molar-refractivity contribution in [2.45, 2.75) is 6.92 Å². The van der Waals surface area contributed by atoms with Crippen LogP contribution in [0.15, 0.2) is 24.7 Å². The van der Waals surface area contributed by atoms with Crippen LogP contribution in [0.4, 0.5) is 5.82 Å². The number of carbonyl (C=O) groups excluding carboxylic acids is 1. The first kappa shape index (κ1) is 13.8. The number of rotatable bonds is 1. The smallest absolute Gasteiger partial charge is 0.304 e. The quantitative estimate of drug-likeness (QED) is 0.311. The topological polar surface area (TPSA) is 115 Å². The fourth-order valence-electron chi connectivity index (χ4n) is 3.85. The van der Waals surface area contributed by atoms with E-state index < -0.39 is 5.91 Å². The van der Waals surface area contributed by atoms with Crippen LogP contribution < -0.4 is 16.0 Å². The largest absolute Gasteiger partial charge is 0.508 e. The molecule has 4 heterocycles. The summed E-state index contributed by atoms with van der Waals surface area (Å²) in [6, 6.07) is 3.47. The number of fused-ring (bicyclic) bond motifs is 3. The number of phenols is 1. The minimum absolute atomic E-state index is 0.158. The van der Waals surface area contributed by atoms with Gasteiger partial charge in [-0.15, -0.1) is 4.98 Å². The molecule has 0 aliphatic heterocycles. The number of hydrogen-bond donors (Lipinski definition) is 3. The molecule has 1 amide bonds. The average Bonchev–Trinajstić information content (AvgIpc) is 3.05. The van der Waals surface area contributed by atoms with E-state index in [0.717, 1.165) is 27.7 Å². The standard InChI is InChI=1S/C17H14N6O2/c1-7-10(24)4-3-9-12(7)23-13-8(11(15(23)18)16(19)25)5-20-17-14(13)22(9)6-21(17)2/h3-6H,1-2H3,(H4-,18,19,24,25)/p+1. The van der Waals surface area contributed by atoms with E-state index in [1.54, 1.807) is 16.7 Å². The first-order valence-corrected chi connectivity index (χ1v) is 7.74. The van der Waals surface area contributed by atoms with Gasteiger partial charge in [0.15, 0.2) is 6.33 Å². The Morgan fingerprint density at radius 3 is 2.76 bits per heavy atom. The summed E-state index contributed by atoms with van der Waals surface area (Å²) in [6.45, 7) is 1.82. The van der Waals surface area contributed by atoms with Gasteiger partial charge < -0.3 is 16.6 Å². The minimum Gasteiger partial charge on any atom is -0.508 e. The van der Waals surface area contributed by atoms with Gasteiger partial charge in [0.25, 0.3) is 5.91 Å². The summed E-state index contributed by atoms with van der Waals surface area (Å²) >= 11 is 0. The monoisotopic (exact) mass is 335 g/mol. The van der Waals surface area contributed by atoms with Crippen molar-refractivity contribution in [3.63, 3.8) is 0 Å². The third-order valence-corrected chi connectivity index (χ3v) is 4.97. The molecule has 5 N–H and O–H groups in total. The number of aromatic nitrogens is 4. The van der Waals surface area contributed by atoms with Crippen LogP contribution in [0.1, 0.15) is 15.9 Å². The molecule has 5 rings (SSSR count). The van der Waals surface area contributed by atoms with Crippen LogP contribution >= 0.6 is 0 Å². The molecule has 0 saturated heterocycles. The van der Waals surface area contributed by atoms with E-state index in [-0.39, 0.29) is 17.1 Å². The number of primary amides is 1. The highest BCUT2D eigenvalue weighted by atomic mass is 16.3. The second-order valence-electron chi connectivity index (χ2n) is 6.33. The molecule has 0 spiro atoms. The number of anilines is 1. The van der Waals surface area contributed by atoms with Crippen LogP contribution in [0.25, 0.3) is 33.1 Å². The van der Waals surface area contributed by atoms with Gasteiger partial charge >= 0.3 is 5.65 Å². The number of nitrogen functional groups attached to an aromatic ring is 1. The zero-order valence-corrected chi connectivity index (χ0v) is 13.6. The van der Waals surface area contributed by atoms with E-state index in [2.05, 4.69) is 4.98 Å². The van der Waals surface area contributed by atoms with E-state index in [1.165, 1.54) is 0 Å². The maximum atomic E-state index is 12.0. The van der Waals surface area contributed by atoms with E-state index in [0.29, 0.717) is 10.9 Å². The molecule has 0 radical (unpaired) electrons. The molecule has 0 bridgehead atoms. The predicted molar refractivity (Wildman–Crippen MR) is 92.9 cm³/mol. The second-order valence-corrected chi connectivity index (χ2v) is 6.33. The fourth-order valence-corrected chi connectivity index (χ4v) is 3.85. The number of pyridine rings is 1. The maximum Gasteiger partial charge on any atom is 0.304 e. The van der Waals surface area contributed by atoms with E-state index >= 15 is 0 Å². The van der Waals surface area contributed by atoms with E-state index in [9.17, 15) is 9.90 Å². The zero-order valence-electron chi connectivity index (χ0n) is 13.6. The molecule has 8 nitrogen and oxygen atoms in total. The number of aryl methyl sites for hydroxylation is 2. The van der Waals surface area contributed by atoms with Gasteiger partial charge in [-0.3, -0.25) is 9.20 Å². The fraction of sp³-hybridized carbons (Fsp3) is 0.118. The molecule has 5 aromatic rings. The number of phenolic OH excluding ortho intramolecular Hbond substituents is 1. The molecule has 0 saturated carbocycles. The van der Waals surface area contributed by atoms with Gasteiger partial charge in [-0.25, -0.2) is 8.97 Å². The molecule has 0 fully saturated rings. The number of carbonyl (C=O) groups is 1. The third kappa shape index (κ3) is 1.40. The summed E-state index contributed by atoms with van der Waals surface area (Å²) in [4.78, 5) is 16.5. The van der Waals surface area contributed by atoms with Gasteiger partial charge in [-0.2, -0.15) is 0 Å². The Kier molecular flexibility index (Phi) is 2.27. The van der Waals surface area contributed by atoms with Gasteiger partial charge in [0.2, 0.25) is 5.52 Å². The second kappa shape index (κ2) is 4.10. The minimum atomic E-state index is -0.605. The summed E-state index contributed by atoms with van der Waals surface area (Å²) < 4.78 is 5.70. The lowest BCUT2D eigenvalue weighted by molar-refractivity contribution is -0.647. The zero-order chi connectivity index (χ0) is 17.6. The van der Waals surface area contributed by atoms with Crippen LogP contribution in [0.3, 0.4) is 0 Å². The average molecular weight is 335 g/mol. The lowest BCUT2D eigenvalue weighted by Crippen LogP contribution is -2.25. The Morgan fingerprint density at radius 1 is 1.28 bits per heavy atom. The van der Waals surface area contributed by atoms with Crippen molar-refractivity contribution in [3.8, 4) is 5.75 Å². The summed E-state index contributed by atoms with van der Waals surface area (Å²) in [5.74, 6) is -0.195. The molecule has 0 aliphatic rings. The first-order valence-electron chi connectivity index (χ1n) is 7.74. The van der Waals surface area contributed by atoms with Crippen LogP contribution in [0, 0.1) is 6.92 Å². The molecule has 1 aromatic carbocycles. The van der Waals surface area contributed by atoms with Gasteiger partial charge in [0.05, 0.1) is 23.5 Å². The highest BCUT2D eigenvalue weighted by molar-refractivity contribution is 6.17. The van der Waals surface area contributed by atoms with Crippen LogP contribution in [0.5, 0.6) is 5.75 Å². The van der Waals surface area contributed by atoms with E-state index in [4.69, 9.17) is 11.5 Å². The Hall–Kier alpha value is -3.55. The normalized spacial score (nSPS) is 12.2. The number of nitrogens with two attached hydrogens (primary N) is 2. The van der Waals surface area contributed by atoms with Gasteiger partial charge in [-0.1, -0.05) is 0 Å². The van der Waals surface area contributed by atoms with Gasteiger partial charge in [-0.05, 0) is 19.1 Å². The summed E-state index contributed by atoms with van der Waals surface area (Å²) in [5, 5.41) is 10.8. The molecule has 0 aliphatic carbocycles. The number of imidazole rings is 1. The van der Waals surface area contributed by atoms with Gasteiger partial charge in [0, 0.05) is 5.56 Å². The highest BCUT2D eigenvalue weighted by Crippen LogP contribution is 2.38. The van der Waals surface area contributed by atoms with Crippen LogP contribution in [0.2, 0.25) is 0 Å². The molecular weight excluding hydrogens is 320 g/mol. The molecule has 4 aromatic heterocycles. The molecule has 25 heavy (non-hydrogen) atoms. The van der Waals surface area contributed by atoms with Crippen LogP contribution in [-0.2, 0) is 7.05 Å². The molecule has 124 valence electrons. The van der Waals surface area contributed by atoms with Gasteiger partial charge in [0.1, 0.15) is 28.8 Å². The van der Waals surface area contributed by atoms with Crippen molar-refractivity contribution in [2.24, 2.45) is 12.8 Å². The van der Waals surface area contributed by atoms with Crippen molar-refractivity contribution in [2.75, 3.05) is 5.73 Å². The predicted octanol–water partition coefficient (Wildman–Crippen LogP) is 0.851. The number of aromatic hydroxyl groups is 1. The molecule has 0 unspecified atom stereocenters. The summed E-state index contributed by atoms with van der Waals surface area (Å²) in [6.07, 6.45) is 3.54. The lowest BCUT2D eigenvalue weighted by Gasteiger charge is -2.10. The number of nitrogens with zero attached hydrogens (tertiary/aromatic N) is 4. The summed E-state index contributed by atoms with van der Waals surface area (Å²) in [5.41, 5.74) is 16.8. The summed E-state index contributed by atoms with van der Waals surface area (Å²) in [7, 11) is 1.90. The number of hydrogen-bond acceptors (Lipinski definition) is 4. The number of amides is 1. The highest BCUT2D eigenvalue weighted by Gasteiger charge is 2.29. The van der Waals surface area contributed by atoms with Crippen molar-refractivity contribution in [1.29, 1.82) is 0 Å². The number of benzene rings is 1. The Balaban J connectivity index is 2.29. The lowest BCUT2D eigenvalue weighted by atomic mass is 10.1. The molecular formula is C17H15N6O2+. The van der Waals surface area contributed by atoms with E-state index in [1.807, 2.05) is 35.3 Å². The Bertz CT molecular complexity index is 1360.